The third kappa shape index (κ3) is 4.04. The zero-order valence-electron chi connectivity index (χ0n) is 15.3. The quantitative estimate of drug-likeness (QED) is 0.477. The molecule has 0 unspecified atom stereocenters. The number of ether oxygens (including phenoxy) is 1. The van der Waals surface area contributed by atoms with Gasteiger partial charge in [0.1, 0.15) is 11.6 Å². The van der Waals surface area contributed by atoms with Crippen LogP contribution >= 0.6 is 0 Å². The lowest BCUT2D eigenvalue weighted by Gasteiger charge is -2.20. The largest absolute Gasteiger partial charge is 0.423 e. The molecule has 0 saturated heterocycles. The van der Waals surface area contributed by atoms with E-state index in [9.17, 15) is 17.6 Å². The predicted octanol–water partition coefficient (Wildman–Crippen LogP) is 4.18. The number of hydrogen-bond donors (Lipinski definition) is 0. The van der Waals surface area contributed by atoms with E-state index in [4.69, 9.17) is 4.74 Å². The molecule has 7 heteroatoms. The molecular formula is C21H18FNO4S. The zero-order valence-corrected chi connectivity index (χ0v) is 16.1. The van der Waals surface area contributed by atoms with E-state index in [0.717, 1.165) is 9.87 Å². The van der Waals surface area contributed by atoms with Crippen molar-refractivity contribution in [3.05, 3.63) is 89.7 Å². The maximum Gasteiger partial charge on any atom is 0.346 e. The third-order valence-electron chi connectivity index (χ3n) is 4.18. The molecule has 0 aliphatic rings. The maximum absolute atomic E-state index is 13.7. The van der Waals surface area contributed by atoms with Gasteiger partial charge in [-0.1, -0.05) is 29.8 Å². The van der Waals surface area contributed by atoms with E-state index in [1.54, 1.807) is 24.3 Å². The van der Waals surface area contributed by atoms with Gasteiger partial charge in [0, 0.05) is 7.05 Å². The van der Waals surface area contributed by atoms with Crippen LogP contribution in [0.25, 0.3) is 0 Å². The van der Waals surface area contributed by atoms with Crippen LogP contribution in [0.2, 0.25) is 0 Å². The fraction of sp³-hybridized carbons (Fsp3) is 0.0952. The van der Waals surface area contributed by atoms with Crippen LogP contribution in [0.5, 0.6) is 5.75 Å². The lowest BCUT2D eigenvalue weighted by molar-refractivity contribution is 0.0730. The van der Waals surface area contributed by atoms with Crippen LogP contribution in [0, 0.1) is 12.7 Å². The van der Waals surface area contributed by atoms with Crippen molar-refractivity contribution in [2.24, 2.45) is 0 Å². The van der Waals surface area contributed by atoms with E-state index in [1.165, 1.54) is 55.6 Å². The second-order valence-corrected chi connectivity index (χ2v) is 8.12. The van der Waals surface area contributed by atoms with Crippen LogP contribution in [0.4, 0.5) is 10.1 Å². The Labute approximate surface area is 163 Å². The first-order valence-corrected chi connectivity index (χ1v) is 9.85. The number of carbonyl (C=O) groups is 1. The number of anilines is 1. The van der Waals surface area contributed by atoms with Crippen LogP contribution in [0.15, 0.2) is 77.7 Å². The van der Waals surface area contributed by atoms with Crippen LogP contribution in [-0.2, 0) is 10.0 Å². The van der Waals surface area contributed by atoms with Gasteiger partial charge in [-0.25, -0.2) is 17.6 Å². The highest BCUT2D eigenvalue weighted by atomic mass is 32.2. The summed E-state index contributed by atoms with van der Waals surface area (Å²) < 4.78 is 45.4. The molecular weight excluding hydrogens is 381 g/mol. The van der Waals surface area contributed by atoms with Gasteiger partial charge in [-0.3, -0.25) is 4.31 Å². The average Bonchev–Trinajstić information content (AvgIpc) is 2.68. The lowest BCUT2D eigenvalue weighted by Crippen LogP contribution is -2.26. The second-order valence-electron chi connectivity index (χ2n) is 6.15. The second kappa shape index (κ2) is 7.82. The molecule has 0 radical (unpaired) electrons. The molecule has 0 heterocycles. The Kier molecular flexibility index (Phi) is 5.46. The van der Waals surface area contributed by atoms with Gasteiger partial charge < -0.3 is 4.74 Å². The van der Waals surface area contributed by atoms with Crippen LogP contribution < -0.4 is 9.04 Å². The highest BCUT2D eigenvalue weighted by Crippen LogP contribution is 2.25. The van der Waals surface area contributed by atoms with E-state index in [1.807, 2.05) is 6.92 Å². The van der Waals surface area contributed by atoms with Crippen LogP contribution in [0.3, 0.4) is 0 Å². The molecule has 5 nitrogen and oxygen atoms in total. The molecule has 28 heavy (non-hydrogen) atoms. The van der Waals surface area contributed by atoms with Gasteiger partial charge in [0.05, 0.1) is 16.1 Å². The Balaban J connectivity index is 1.77. The Morgan fingerprint density at radius 3 is 2.14 bits per heavy atom. The number of rotatable bonds is 5. The Hall–Kier alpha value is -3.19. The minimum atomic E-state index is -3.72. The van der Waals surface area contributed by atoms with E-state index >= 15 is 0 Å². The molecule has 0 aromatic heterocycles. The first-order chi connectivity index (χ1) is 13.3. The highest BCUT2D eigenvalue weighted by Gasteiger charge is 2.21. The molecule has 0 saturated carbocycles. The van der Waals surface area contributed by atoms with Gasteiger partial charge in [0.25, 0.3) is 10.0 Å². The van der Waals surface area contributed by atoms with Gasteiger partial charge in [0.15, 0.2) is 0 Å². The summed E-state index contributed by atoms with van der Waals surface area (Å²) >= 11 is 0. The summed E-state index contributed by atoms with van der Waals surface area (Å²) in [6.45, 7) is 1.88. The summed E-state index contributed by atoms with van der Waals surface area (Å²) in [7, 11) is -2.28. The normalized spacial score (nSPS) is 11.1. The number of carbonyl (C=O) groups excluding carboxylic acids is 1. The summed E-state index contributed by atoms with van der Waals surface area (Å²) in [5.41, 5.74) is 1.18. The first-order valence-electron chi connectivity index (χ1n) is 8.41. The van der Waals surface area contributed by atoms with Gasteiger partial charge in [-0.2, -0.15) is 0 Å². The summed E-state index contributed by atoms with van der Waals surface area (Å²) in [6, 6.07) is 18.0. The number of esters is 1. The van der Waals surface area contributed by atoms with Crippen LogP contribution in [-0.4, -0.2) is 21.4 Å². The number of nitrogens with zero attached hydrogens (tertiary/aromatic N) is 1. The number of benzene rings is 3. The van der Waals surface area contributed by atoms with E-state index < -0.39 is 21.8 Å². The molecule has 3 aromatic carbocycles. The van der Waals surface area contributed by atoms with Crippen molar-refractivity contribution in [3.63, 3.8) is 0 Å². The molecule has 0 amide bonds. The lowest BCUT2D eigenvalue weighted by atomic mass is 10.2. The number of hydrogen-bond acceptors (Lipinski definition) is 4. The van der Waals surface area contributed by atoms with Gasteiger partial charge in [-0.15, -0.1) is 0 Å². The van der Waals surface area contributed by atoms with Gasteiger partial charge >= 0.3 is 5.97 Å². The van der Waals surface area contributed by atoms with Gasteiger partial charge in [-0.05, 0) is 55.5 Å². The highest BCUT2D eigenvalue weighted by molar-refractivity contribution is 7.92. The molecule has 0 N–H and O–H groups in total. The topological polar surface area (TPSA) is 63.7 Å². The SMILES string of the molecule is Cc1ccc(S(=O)(=O)N(C)c2ccc(OC(=O)c3ccccc3F)cc2)cc1. The van der Waals surface area contributed by atoms with Gasteiger partial charge in [0.2, 0.25) is 0 Å². The van der Waals surface area contributed by atoms with Crippen molar-refractivity contribution in [3.8, 4) is 5.75 Å². The molecule has 0 spiro atoms. The van der Waals surface area contributed by atoms with E-state index in [2.05, 4.69) is 0 Å². The maximum atomic E-state index is 13.7. The van der Waals surface area contributed by atoms with Crippen molar-refractivity contribution in [2.45, 2.75) is 11.8 Å². The molecule has 0 bridgehead atoms. The number of halogens is 1. The monoisotopic (exact) mass is 399 g/mol. The molecule has 144 valence electrons. The fourth-order valence-corrected chi connectivity index (χ4v) is 3.72. The Bertz CT molecular complexity index is 1090. The summed E-state index contributed by atoms with van der Waals surface area (Å²) in [5.74, 6) is -1.32. The standard InChI is InChI=1S/C21H18FNO4S/c1-15-7-13-18(14-8-15)28(25,26)23(2)16-9-11-17(12-10-16)27-21(24)19-5-3-4-6-20(19)22/h3-14H,1-2H3. The van der Waals surface area contributed by atoms with E-state index in [0.29, 0.717) is 5.69 Å². The minimum Gasteiger partial charge on any atom is -0.423 e. The summed E-state index contributed by atoms with van der Waals surface area (Å²) in [4.78, 5) is 12.2. The smallest absolute Gasteiger partial charge is 0.346 e. The van der Waals surface area contributed by atoms with Crippen LogP contribution in [0.1, 0.15) is 15.9 Å². The molecule has 0 atom stereocenters. The Morgan fingerprint density at radius 2 is 1.54 bits per heavy atom. The van der Waals surface area contributed by atoms with Crippen molar-refractivity contribution in [1.82, 2.24) is 0 Å². The molecule has 0 aliphatic heterocycles. The van der Waals surface area contributed by atoms with Crippen molar-refractivity contribution in [1.29, 1.82) is 0 Å². The fourth-order valence-electron chi connectivity index (χ4n) is 2.52. The average molecular weight is 399 g/mol. The summed E-state index contributed by atoms with van der Waals surface area (Å²) in [6.07, 6.45) is 0. The molecule has 0 fully saturated rings. The predicted molar refractivity (Wildman–Crippen MR) is 105 cm³/mol. The zero-order chi connectivity index (χ0) is 20.3. The third-order valence-corrected chi connectivity index (χ3v) is 5.98. The van der Waals surface area contributed by atoms with Crippen molar-refractivity contribution >= 4 is 21.7 Å². The molecule has 3 rings (SSSR count). The minimum absolute atomic E-state index is 0.175. The summed E-state index contributed by atoms with van der Waals surface area (Å²) in [5, 5.41) is 0. The van der Waals surface area contributed by atoms with Crippen molar-refractivity contribution < 1.29 is 22.3 Å². The number of sulfonamides is 1. The van der Waals surface area contributed by atoms with Crippen molar-refractivity contribution in [2.75, 3.05) is 11.4 Å². The first kappa shape index (κ1) is 19.6. The number of aryl methyl sites for hydroxylation is 1. The molecule has 3 aromatic rings. The Morgan fingerprint density at radius 1 is 0.929 bits per heavy atom. The molecule has 0 aliphatic carbocycles. The van der Waals surface area contributed by atoms with E-state index in [-0.39, 0.29) is 16.2 Å².